The fourth-order valence-corrected chi connectivity index (χ4v) is 4.39. The quantitative estimate of drug-likeness (QED) is 0.218. The summed E-state index contributed by atoms with van der Waals surface area (Å²) in [5.74, 6) is 0.264. The maximum absolute atomic E-state index is 9.96. The van der Waals surface area contributed by atoms with Crippen molar-refractivity contribution in [3.63, 3.8) is 0 Å². The third-order valence-electron chi connectivity index (χ3n) is 5.84. The van der Waals surface area contributed by atoms with Gasteiger partial charge in [0.1, 0.15) is 5.75 Å². The predicted molar refractivity (Wildman–Crippen MR) is 157 cm³/mol. The predicted octanol–water partition coefficient (Wildman–Crippen LogP) is 5.90. The van der Waals surface area contributed by atoms with Gasteiger partial charge in [-0.25, -0.2) is 0 Å². The zero-order valence-corrected chi connectivity index (χ0v) is 23.6. The number of phenolic OH excluding ortho intramolecular Hbond substituents is 1. The van der Waals surface area contributed by atoms with E-state index in [4.69, 9.17) is 15.0 Å². The maximum Gasteiger partial charge on any atom is 0.290 e. The molecular weight excluding hydrogens is 498 g/mol. The van der Waals surface area contributed by atoms with E-state index in [1.807, 2.05) is 32.9 Å². The summed E-state index contributed by atoms with van der Waals surface area (Å²) in [6.07, 6.45) is 3.32. The van der Waals surface area contributed by atoms with Crippen LogP contribution in [-0.2, 0) is 22.7 Å². The lowest BCUT2D eigenvalue weighted by molar-refractivity contribution is -0.122. The Labute approximate surface area is 231 Å². The number of nitrogens with one attached hydrogen (secondary N) is 1. The number of nitrogens with zero attached hydrogens (tertiary/aromatic N) is 1. The number of carboxylic acid groups (broad SMARTS) is 1. The highest BCUT2D eigenvalue weighted by Gasteiger charge is 2.12. The fraction of sp³-hybridized carbons (Fsp3) is 0.333. The topological polar surface area (TPSA) is 116 Å². The van der Waals surface area contributed by atoms with Crippen LogP contribution in [0.1, 0.15) is 48.9 Å². The molecule has 1 heterocycles. The van der Waals surface area contributed by atoms with Crippen LogP contribution in [0.3, 0.4) is 0 Å². The Balaban J connectivity index is 0.000000361. The average molecular weight is 540 g/mol. The van der Waals surface area contributed by atoms with Gasteiger partial charge >= 0.3 is 0 Å². The van der Waals surface area contributed by atoms with Gasteiger partial charge in [0.2, 0.25) is 6.41 Å². The lowest BCUT2D eigenvalue weighted by Gasteiger charge is -2.15. The second-order valence-electron chi connectivity index (χ2n) is 8.50. The summed E-state index contributed by atoms with van der Waals surface area (Å²) in [4.78, 5) is 22.0. The number of hydrogen-bond donors (Lipinski definition) is 4. The van der Waals surface area contributed by atoms with Gasteiger partial charge in [-0.2, -0.15) is 0 Å². The molecule has 3 aromatic carbocycles. The maximum atomic E-state index is 9.96. The van der Waals surface area contributed by atoms with Gasteiger partial charge in [-0.1, -0.05) is 50.2 Å². The van der Waals surface area contributed by atoms with E-state index in [2.05, 4.69) is 59.6 Å². The van der Waals surface area contributed by atoms with Crippen LogP contribution in [-0.4, -0.2) is 41.1 Å². The Hall–Kier alpha value is -3.33. The second-order valence-corrected chi connectivity index (χ2v) is 9.21. The first-order valence-electron chi connectivity index (χ1n) is 12.7. The summed E-state index contributed by atoms with van der Waals surface area (Å²) in [5.41, 5.74) is 7.03. The van der Waals surface area contributed by atoms with Crippen molar-refractivity contribution in [3.8, 4) is 16.9 Å². The molecule has 1 aliphatic heterocycles. The van der Waals surface area contributed by atoms with Gasteiger partial charge in [0.15, 0.2) is 0 Å². The molecule has 38 heavy (non-hydrogen) atoms. The molecule has 8 heteroatoms. The van der Waals surface area contributed by atoms with Crippen molar-refractivity contribution >= 4 is 24.8 Å². The number of rotatable bonds is 7. The molecule has 0 spiro atoms. The highest BCUT2D eigenvalue weighted by Crippen LogP contribution is 2.27. The molecule has 1 amide bonds. The van der Waals surface area contributed by atoms with E-state index in [1.54, 1.807) is 6.07 Å². The van der Waals surface area contributed by atoms with E-state index in [0.717, 1.165) is 22.6 Å². The number of hydrogen-bond acceptors (Lipinski definition) is 6. The van der Waals surface area contributed by atoms with E-state index >= 15 is 0 Å². The van der Waals surface area contributed by atoms with Gasteiger partial charge in [0.25, 0.3) is 6.47 Å². The number of aromatic hydroxyl groups is 1. The lowest BCUT2D eigenvalue weighted by atomic mass is 9.99. The third-order valence-corrected chi connectivity index (χ3v) is 6.37. The molecular formula is C30H41N3O4S. The SMILES string of the molecule is CC.Cc1cc(SN)ccc1-c1cccc(CN2CCCC2)c1.Cc1ccc(CNC=O)cc1O.O=CO. The Kier molecular flexibility index (Phi) is 16.2. The Bertz CT molecular complexity index is 1120. The van der Waals surface area contributed by atoms with Gasteiger partial charge in [0.05, 0.1) is 0 Å². The molecule has 1 saturated heterocycles. The number of carbonyl (C=O) groups is 2. The van der Waals surface area contributed by atoms with Crippen molar-refractivity contribution in [3.05, 3.63) is 82.9 Å². The molecule has 0 bridgehead atoms. The summed E-state index contributed by atoms with van der Waals surface area (Å²) >= 11 is 1.30. The van der Waals surface area contributed by atoms with E-state index in [9.17, 15) is 9.90 Å². The van der Waals surface area contributed by atoms with E-state index in [-0.39, 0.29) is 12.2 Å². The molecule has 0 radical (unpaired) electrons. The number of aryl methyl sites for hydroxylation is 2. The molecule has 206 valence electrons. The van der Waals surface area contributed by atoms with Gasteiger partial charge in [-0.05, 0) is 109 Å². The summed E-state index contributed by atoms with van der Waals surface area (Å²) in [7, 11) is 0. The molecule has 5 N–H and O–H groups in total. The first kappa shape index (κ1) is 32.7. The van der Waals surface area contributed by atoms with Crippen LogP contribution in [0.5, 0.6) is 5.75 Å². The first-order valence-corrected chi connectivity index (χ1v) is 13.6. The van der Waals surface area contributed by atoms with Crippen LogP contribution in [0.25, 0.3) is 11.1 Å². The number of phenols is 1. The Morgan fingerprint density at radius 1 is 0.947 bits per heavy atom. The average Bonchev–Trinajstić information content (AvgIpc) is 3.44. The van der Waals surface area contributed by atoms with Gasteiger partial charge in [-0.3, -0.25) is 19.6 Å². The number of amides is 1. The van der Waals surface area contributed by atoms with Crippen molar-refractivity contribution in [1.82, 2.24) is 10.2 Å². The largest absolute Gasteiger partial charge is 0.508 e. The monoisotopic (exact) mass is 539 g/mol. The molecule has 7 nitrogen and oxygen atoms in total. The molecule has 0 aliphatic carbocycles. The van der Waals surface area contributed by atoms with Gasteiger partial charge < -0.3 is 15.5 Å². The summed E-state index contributed by atoms with van der Waals surface area (Å²) in [6, 6.07) is 20.7. The summed E-state index contributed by atoms with van der Waals surface area (Å²) < 4.78 is 0. The van der Waals surface area contributed by atoms with Gasteiger partial charge in [-0.15, -0.1) is 0 Å². The van der Waals surface area contributed by atoms with Crippen LogP contribution >= 0.6 is 11.9 Å². The number of likely N-dealkylation sites (tertiary alicyclic amines) is 1. The smallest absolute Gasteiger partial charge is 0.290 e. The van der Waals surface area contributed by atoms with Crippen molar-refractivity contribution in [2.45, 2.75) is 58.5 Å². The lowest BCUT2D eigenvalue weighted by Crippen LogP contribution is -2.18. The number of benzene rings is 3. The van der Waals surface area contributed by atoms with E-state index < -0.39 is 0 Å². The second kappa shape index (κ2) is 18.8. The molecule has 4 rings (SSSR count). The molecule has 0 unspecified atom stereocenters. The molecule has 0 aromatic heterocycles. The van der Waals surface area contributed by atoms with Crippen LogP contribution < -0.4 is 10.5 Å². The van der Waals surface area contributed by atoms with E-state index in [0.29, 0.717) is 13.0 Å². The normalized spacial score (nSPS) is 12.0. The van der Waals surface area contributed by atoms with E-state index in [1.165, 1.54) is 60.1 Å². The molecule has 3 aromatic rings. The van der Waals surface area contributed by atoms with Gasteiger partial charge in [0, 0.05) is 18.0 Å². The molecule has 0 saturated carbocycles. The highest BCUT2D eigenvalue weighted by molar-refractivity contribution is 7.97. The number of carbonyl (C=O) groups excluding carboxylic acids is 1. The molecule has 1 aliphatic rings. The summed E-state index contributed by atoms with van der Waals surface area (Å²) in [6.45, 7) is 11.7. The Morgan fingerprint density at radius 2 is 1.63 bits per heavy atom. The zero-order chi connectivity index (χ0) is 28.3. The van der Waals surface area contributed by atoms with Crippen molar-refractivity contribution in [2.75, 3.05) is 13.1 Å². The highest BCUT2D eigenvalue weighted by atomic mass is 32.2. The minimum atomic E-state index is -0.250. The molecule has 0 atom stereocenters. The minimum Gasteiger partial charge on any atom is -0.508 e. The zero-order valence-electron chi connectivity index (χ0n) is 22.8. The Morgan fingerprint density at radius 3 is 2.21 bits per heavy atom. The van der Waals surface area contributed by atoms with Crippen molar-refractivity contribution in [1.29, 1.82) is 0 Å². The standard InChI is InChI=1S/C18H22N2S.C9H11NO2.C2H6.CH2O2/c1-14-11-17(21-19)7-8-18(14)16-6-4-5-15(12-16)13-20-9-2-3-10-20;1-7-2-3-8(4-9(7)12)5-10-6-11;1-2;2-1-3/h4-8,11-12H,2-3,9-10,13,19H2,1H3;2-4,6,12H,5H2,1H3,(H,10,11);1-2H3;1H,(H,2,3). The third kappa shape index (κ3) is 11.4. The minimum absolute atomic E-state index is 0.250. The van der Waals surface area contributed by atoms with Crippen LogP contribution in [0, 0.1) is 13.8 Å². The van der Waals surface area contributed by atoms with Crippen molar-refractivity contribution < 1.29 is 19.8 Å². The first-order chi connectivity index (χ1) is 18.4. The molecule has 1 fully saturated rings. The van der Waals surface area contributed by atoms with Crippen molar-refractivity contribution in [2.24, 2.45) is 5.14 Å². The van der Waals surface area contributed by atoms with Crippen LogP contribution in [0.15, 0.2) is 65.6 Å². The van der Waals surface area contributed by atoms with Crippen LogP contribution in [0.2, 0.25) is 0 Å². The van der Waals surface area contributed by atoms with Crippen LogP contribution in [0.4, 0.5) is 0 Å². The fourth-order valence-electron chi connectivity index (χ4n) is 3.99. The number of nitrogens with two attached hydrogens (primary N) is 1. The summed E-state index contributed by atoms with van der Waals surface area (Å²) in [5, 5.41) is 24.3.